The van der Waals surface area contributed by atoms with Crippen LogP contribution in [0.3, 0.4) is 0 Å². The van der Waals surface area contributed by atoms with Crippen LogP contribution in [-0.4, -0.2) is 30.7 Å². The second-order valence-electron chi connectivity index (χ2n) is 4.42. The molecule has 2 fully saturated rings. The van der Waals surface area contributed by atoms with E-state index in [9.17, 15) is 4.79 Å². The first-order chi connectivity index (χ1) is 6.83. The van der Waals surface area contributed by atoms with E-state index in [2.05, 4.69) is 0 Å². The summed E-state index contributed by atoms with van der Waals surface area (Å²) in [5.74, 6) is 0.747. The fraction of sp³-hybridized carbons (Fsp3) is 0.909. The van der Waals surface area contributed by atoms with Crippen LogP contribution in [0.1, 0.15) is 38.5 Å². The smallest absolute Gasteiger partial charge is 0.409 e. The second-order valence-corrected chi connectivity index (χ2v) is 4.42. The lowest BCUT2D eigenvalue weighted by Crippen LogP contribution is -2.49. The predicted molar refractivity (Wildman–Crippen MR) is 54.1 cm³/mol. The first kappa shape index (κ1) is 9.81. The van der Waals surface area contributed by atoms with E-state index in [4.69, 9.17) is 4.74 Å². The van der Waals surface area contributed by atoms with Gasteiger partial charge in [-0.3, -0.25) is 0 Å². The van der Waals surface area contributed by atoms with Crippen LogP contribution in [0.2, 0.25) is 0 Å². The minimum absolute atomic E-state index is 0.124. The van der Waals surface area contributed by atoms with E-state index in [-0.39, 0.29) is 6.09 Å². The van der Waals surface area contributed by atoms with Crippen molar-refractivity contribution in [2.45, 2.75) is 44.6 Å². The Morgan fingerprint density at radius 1 is 1.21 bits per heavy atom. The maximum Gasteiger partial charge on any atom is 0.409 e. The van der Waals surface area contributed by atoms with Crippen molar-refractivity contribution < 1.29 is 9.53 Å². The zero-order valence-corrected chi connectivity index (χ0v) is 8.87. The summed E-state index contributed by atoms with van der Waals surface area (Å²) in [5.41, 5.74) is 0. The average molecular weight is 197 g/mol. The topological polar surface area (TPSA) is 29.5 Å². The molecule has 1 aliphatic heterocycles. The molecule has 3 nitrogen and oxygen atoms in total. The van der Waals surface area contributed by atoms with Gasteiger partial charge in [-0.05, 0) is 31.6 Å². The highest BCUT2D eigenvalue weighted by atomic mass is 16.5. The number of piperidine rings is 1. The van der Waals surface area contributed by atoms with Crippen molar-refractivity contribution in [3.8, 4) is 0 Å². The Hall–Kier alpha value is -0.730. The van der Waals surface area contributed by atoms with Gasteiger partial charge in [0.15, 0.2) is 0 Å². The van der Waals surface area contributed by atoms with Crippen molar-refractivity contribution >= 4 is 6.09 Å². The maximum atomic E-state index is 11.5. The number of hydrogen-bond donors (Lipinski definition) is 0. The van der Waals surface area contributed by atoms with Gasteiger partial charge < -0.3 is 9.64 Å². The zero-order chi connectivity index (χ0) is 9.97. The molecule has 2 aliphatic rings. The highest BCUT2D eigenvalue weighted by Crippen LogP contribution is 2.35. The highest BCUT2D eigenvalue weighted by molar-refractivity contribution is 5.68. The van der Waals surface area contributed by atoms with Gasteiger partial charge in [-0.25, -0.2) is 4.79 Å². The van der Waals surface area contributed by atoms with Gasteiger partial charge in [-0.2, -0.15) is 0 Å². The molecular formula is C11H19NO2. The Labute approximate surface area is 85.4 Å². The van der Waals surface area contributed by atoms with Crippen molar-refractivity contribution in [1.82, 2.24) is 4.90 Å². The van der Waals surface area contributed by atoms with Crippen LogP contribution in [0, 0.1) is 5.92 Å². The normalized spacial score (nSPS) is 32.2. The summed E-state index contributed by atoms with van der Waals surface area (Å²) < 4.78 is 4.83. The fourth-order valence-corrected chi connectivity index (χ4v) is 2.97. The third-order valence-corrected chi connectivity index (χ3v) is 3.65. The number of rotatable bonds is 0. The second kappa shape index (κ2) is 4.20. The summed E-state index contributed by atoms with van der Waals surface area (Å²) in [7, 11) is 1.48. The number of fused-ring (bicyclic) bond motifs is 1. The van der Waals surface area contributed by atoms with E-state index >= 15 is 0 Å². The number of likely N-dealkylation sites (tertiary alicyclic amines) is 1. The molecule has 0 radical (unpaired) electrons. The van der Waals surface area contributed by atoms with Crippen LogP contribution in [0.25, 0.3) is 0 Å². The van der Waals surface area contributed by atoms with E-state index in [0.29, 0.717) is 6.04 Å². The molecule has 0 aromatic rings. The summed E-state index contributed by atoms with van der Waals surface area (Å²) in [5, 5.41) is 0. The van der Waals surface area contributed by atoms with Crippen molar-refractivity contribution in [3.05, 3.63) is 0 Å². The molecule has 0 spiro atoms. The van der Waals surface area contributed by atoms with Gasteiger partial charge in [0.25, 0.3) is 0 Å². The summed E-state index contributed by atoms with van der Waals surface area (Å²) >= 11 is 0. The SMILES string of the molecule is COC(=O)N1CCC[C@@H]2CCCC[C@H]21. The van der Waals surface area contributed by atoms with E-state index in [0.717, 1.165) is 18.9 Å². The molecule has 1 saturated heterocycles. The molecule has 1 amide bonds. The molecule has 14 heavy (non-hydrogen) atoms. The van der Waals surface area contributed by atoms with Crippen molar-refractivity contribution in [2.75, 3.05) is 13.7 Å². The van der Waals surface area contributed by atoms with Gasteiger partial charge in [0.1, 0.15) is 0 Å². The summed E-state index contributed by atoms with van der Waals surface area (Å²) in [6.45, 7) is 0.897. The minimum atomic E-state index is -0.124. The van der Waals surface area contributed by atoms with E-state index in [1.54, 1.807) is 0 Å². The van der Waals surface area contributed by atoms with Gasteiger partial charge in [0.2, 0.25) is 0 Å². The lowest BCUT2D eigenvalue weighted by atomic mass is 9.78. The zero-order valence-electron chi connectivity index (χ0n) is 8.87. The molecule has 0 aromatic carbocycles. The first-order valence-corrected chi connectivity index (χ1v) is 5.67. The molecule has 0 unspecified atom stereocenters. The third-order valence-electron chi connectivity index (χ3n) is 3.65. The van der Waals surface area contributed by atoms with Crippen LogP contribution in [0.5, 0.6) is 0 Å². The Morgan fingerprint density at radius 3 is 2.71 bits per heavy atom. The van der Waals surface area contributed by atoms with E-state index < -0.39 is 0 Å². The molecule has 1 aliphatic carbocycles. The van der Waals surface area contributed by atoms with Crippen LogP contribution < -0.4 is 0 Å². The Bertz CT molecular complexity index is 215. The molecule has 1 saturated carbocycles. The predicted octanol–water partition coefficient (Wildman–Crippen LogP) is 2.41. The van der Waals surface area contributed by atoms with Crippen LogP contribution in [0.15, 0.2) is 0 Å². The van der Waals surface area contributed by atoms with Gasteiger partial charge in [0, 0.05) is 12.6 Å². The largest absolute Gasteiger partial charge is 0.453 e. The summed E-state index contributed by atoms with van der Waals surface area (Å²) in [6, 6.07) is 0.477. The molecule has 3 heteroatoms. The summed E-state index contributed by atoms with van der Waals surface area (Å²) in [6.07, 6.45) is 7.43. The van der Waals surface area contributed by atoms with Gasteiger partial charge in [-0.1, -0.05) is 12.8 Å². The van der Waals surface area contributed by atoms with Crippen LogP contribution in [-0.2, 0) is 4.74 Å². The molecular weight excluding hydrogens is 178 g/mol. The molecule has 2 rings (SSSR count). The third kappa shape index (κ3) is 1.72. The number of carbonyl (C=O) groups is 1. The number of amides is 1. The fourth-order valence-electron chi connectivity index (χ4n) is 2.97. The molecule has 80 valence electrons. The first-order valence-electron chi connectivity index (χ1n) is 5.67. The molecule has 1 heterocycles. The lowest BCUT2D eigenvalue weighted by Gasteiger charge is -2.43. The number of hydrogen-bond acceptors (Lipinski definition) is 2. The molecule has 0 N–H and O–H groups in total. The standard InChI is InChI=1S/C11H19NO2/c1-14-11(13)12-8-4-6-9-5-2-3-7-10(9)12/h9-10H,2-8H2,1H3/t9-,10+/m0/s1. The maximum absolute atomic E-state index is 11.5. The molecule has 0 aromatic heterocycles. The van der Waals surface area contributed by atoms with E-state index in [1.807, 2.05) is 4.90 Å². The Balaban J connectivity index is 2.04. The Kier molecular flexibility index (Phi) is 2.94. The number of methoxy groups -OCH3 is 1. The van der Waals surface area contributed by atoms with Gasteiger partial charge in [0.05, 0.1) is 7.11 Å². The average Bonchev–Trinajstić information content (AvgIpc) is 2.27. The molecule has 0 bridgehead atoms. The van der Waals surface area contributed by atoms with Crippen LogP contribution >= 0.6 is 0 Å². The van der Waals surface area contributed by atoms with E-state index in [1.165, 1.54) is 39.2 Å². The number of nitrogens with zero attached hydrogens (tertiary/aromatic N) is 1. The van der Waals surface area contributed by atoms with Gasteiger partial charge >= 0.3 is 6.09 Å². The van der Waals surface area contributed by atoms with Crippen molar-refractivity contribution in [2.24, 2.45) is 5.92 Å². The number of ether oxygens (including phenoxy) is 1. The van der Waals surface area contributed by atoms with Crippen molar-refractivity contribution in [1.29, 1.82) is 0 Å². The Morgan fingerprint density at radius 2 is 1.93 bits per heavy atom. The van der Waals surface area contributed by atoms with Crippen molar-refractivity contribution in [3.63, 3.8) is 0 Å². The minimum Gasteiger partial charge on any atom is -0.453 e. The quantitative estimate of drug-likeness (QED) is 0.597. The van der Waals surface area contributed by atoms with Gasteiger partial charge in [-0.15, -0.1) is 0 Å². The monoisotopic (exact) mass is 197 g/mol. The highest BCUT2D eigenvalue weighted by Gasteiger charge is 2.35. The molecule has 2 atom stereocenters. The number of carbonyl (C=O) groups excluding carboxylic acids is 1. The lowest BCUT2D eigenvalue weighted by molar-refractivity contribution is 0.0476. The summed E-state index contributed by atoms with van der Waals surface area (Å²) in [4.78, 5) is 13.5. The van der Waals surface area contributed by atoms with Crippen LogP contribution in [0.4, 0.5) is 4.79 Å².